The Morgan fingerprint density at radius 1 is 0.475 bits per heavy atom. The van der Waals surface area contributed by atoms with Crippen molar-refractivity contribution < 1.29 is 39.6 Å². The van der Waals surface area contributed by atoms with E-state index in [2.05, 4.69) is 20.3 Å². The molecular weight excluding hydrogens is 805 g/mol. The number of hydrogen-bond acceptors (Lipinski definition) is 13. The third-order valence-electron chi connectivity index (χ3n) is 8.44. The van der Waals surface area contributed by atoms with Crippen LogP contribution in [0.25, 0.3) is 45.0 Å². The Hall–Kier alpha value is -6.92. The predicted molar refractivity (Wildman–Crippen MR) is 216 cm³/mol. The van der Waals surface area contributed by atoms with Gasteiger partial charge in [0, 0.05) is 18.8 Å². The lowest BCUT2D eigenvalue weighted by Crippen LogP contribution is -2.34. The smallest absolute Gasteiger partial charge is 0.317 e. The van der Waals surface area contributed by atoms with Gasteiger partial charge in [-0.25, -0.2) is 15.0 Å². The molecule has 0 radical (unpaired) electrons. The van der Waals surface area contributed by atoms with Crippen LogP contribution in [0.1, 0.15) is 11.4 Å². The fraction of sp³-hybridized carbons (Fsp3) is 0.150. The van der Waals surface area contributed by atoms with Gasteiger partial charge < -0.3 is 25.7 Å². The van der Waals surface area contributed by atoms with Crippen molar-refractivity contribution in [1.82, 2.24) is 39.7 Å². The van der Waals surface area contributed by atoms with Gasteiger partial charge in [0.2, 0.25) is 16.5 Å². The first-order valence-electron chi connectivity index (χ1n) is 17.6. The monoisotopic (exact) mass is 837 g/mol. The standard InChI is InChI=1S/C40H33Cl2N9O8/c41-38-47-39(42)49-40(48-38)45-27-13-11-24(12-14-27)23-7-9-25(10-8-23)26-15-32(30-5-1-3-28(43-30)17-50(19-34(52)53)20-35(54)55)46-33(16-26)31-6-2-4-29(44-31)18-51(21-36(56)57)22-37(58)59/h1-16H,17-22H2,(H,52,53)(H,54,55)(H,56,57)(H,58,59)(H,45,47,48,49). The number of aliphatic carboxylic acids is 4. The maximum atomic E-state index is 11.4. The largest absolute Gasteiger partial charge is 0.480 e. The summed E-state index contributed by atoms with van der Waals surface area (Å²) in [4.78, 5) is 74.4. The van der Waals surface area contributed by atoms with Crippen molar-refractivity contribution in [2.24, 2.45) is 0 Å². The first-order chi connectivity index (χ1) is 28.3. The Balaban J connectivity index is 1.34. The zero-order valence-electron chi connectivity index (χ0n) is 30.7. The first kappa shape index (κ1) is 41.7. The van der Waals surface area contributed by atoms with Gasteiger partial charge in [-0.1, -0.05) is 48.5 Å². The maximum Gasteiger partial charge on any atom is 0.317 e. The van der Waals surface area contributed by atoms with Crippen molar-refractivity contribution in [2.75, 3.05) is 31.5 Å². The van der Waals surface area contributed by atoms with Gasteiger partial charge in [-0.05, 0) is 94.0 Å². The lowest BCUT2D eigenvalue weighted by molar-refractivity contribution is -0.144. The van der Waals surface area contributed by atoms with Crippen molar-refractivity contribution in [3.05, 3.63) is 119 Å². The molecule has 0 saturated heterocycles. The van der Waals surface area contributed by atoms with E-state index < -0.39 is 50.1 Å². The van der Waals surface area contributed by atoms with Gasteiger partial charge in [0.15, 0.2) is 0 Å². The van der Waals surface area contributed by atoms with Gasteiger partial charge in [-0.3, -0.25) is 29.0 Å². The van der Waals surface area contributed by atoms with E-state index in [1.165, 1.54) is 9.80 Å². The summed E-state index contributed by atoms with van der Waals surface area (Å²) in [6.07, 6.45) is 0. The van der Waals surface area contributed by atoms with Crippen LogP contribution in [0.2, 0.25) is 10.6 Å². The zero-order chi connectivity index (χ0) is 42.1. The summed E-state index contributed by atoms with van der Waals surface area (Å²) >= 11 is 11.8. The molecule has 6 aromatic rings. The van der Waals surface area contributed by atoms with Gasteiger partial charge in [0.1, 0.15) is 0 Å². The highest BCUT2D eigenvalue weighted by Gasteiger charge is 2.18. The number of halogens is 2. The predicted octanol–water partition coefficient (Wildman–Crippen LogP) is 5.72. The van der Waals surface area contributed by atoms with Crippen LogP contribution in [0.15, 0.2) is 97.1 Å². The SMILES string of the molecule is O=C(O)CN(CC(=O)O)Cc1cccc(-c2cc(-c3ccc(-c4ccc(Nc5nc(Cl)nc(Cl)n5)cc4)cc3)cc(-c3cccc(CN(CC(=O)O)CC(=O)O)n3)n2)n1. The number of nitrogens with zero attached hydrogens (tertiary/aromatic N) is 8. The molecule has 2 aromatic carbocycles. The molecule has 300 valence electrons. The number of benzene rings is 2. The van der Waals surface area contributed by atoms with Crippen LogP contribution in [-0.2, 0) is 32.3 Å². The molecule has 19 heteroatoms. The number of anilines is 2. The van der Waals surface area contributed by atoms with Crippen molar-refractivity contribution in [3.8, 4) is 45.0 Å². The molecular formula is C40H33Cl2N9O8. The molecule has 0 aliphatic rings. The van der Waals surface area contributed by atoms with E-state index in [0.717, 1.165) is 22.3 Å². The molecule has 0 bridgehead atoms. The van der Waals surface area contributed by atoms with Crippen LogP contribution in [0.3, 0.4) is 0 Å². The Morgan fingerprint density at radius 3 is 1.27 bits per heavy atom. The van der Waals surface area contributed by atoms with Crippen LogP contribution < -0.4 is 5.32 Å². The van der Waals surface area contributed by atoms with Crippen molar-refractivity contribution in [2.45, 2.75) is 13.1 Å². The summed E-state index contributed by atoms with van der Waals surface area (Å²) in [5, 5.41) is 40.3. The minimum atomic E-state index is -1.18. The highest BCUT2D eigenvalue weighted by Crippen LogP contribution is 2.32. The van der Waals surface area contributed by atoms with Gasteiger partial charge in [-0.2, -0.15) is 15.0 Å². The summed E-state index contributed by atoms with van der Waals surface area (Å²) in [5.74, 6) is -4.53. The molecule has 4 aromatic heterocycles. The number of carboxylic acids is 4. The molecule has 5 N–H and O–H groups in total. The van der Waals surface area contributed by atoms with Gasteiger partial charge >= 0.3 is 23.9 Å². The molecule has 0 aliphatic carbocycles. The Bertz CT molecular complexity index is 2360. The number of nitrogens with one attached hydrogen (secondary N) is 1. The third kappa shape index (κ3) is 12.0. The van der Waals surface area contributed by atoms with Crippen LogP contribution in [0.4, 0.5) is 11.6 Å². The van der Waals surface area contributed by atoms with E-state index in [1.807, 2.05) is 60.7 Å². The molecule has 4 heterocycles. The molecule has 0 spiro atoms. The molecule has 6 rings (SSSR count). The second kappa shape index (κ2) is 19.0. The summed E-state index contributed by atoms with van der Waals surface area (Å²) in [6.45, 7) is -2.12. The molecule has 59 heavy (non-hydrogen) atoms. The normalized spacial score (nSPS) is 11.1. The average molecular weight is 839 g/mol. The first-order valence-corrected chi connectivity index (χ1v) is 18.3. The molecule has 0 fully saturated rings. The average Bonchev–Trinajstić information content (AvgIpc) is 3.17. The van der Waals surface area contributed by atoms with Gasteiger partial charge in [0.05, 0.1) is 60.3 Å². The van der Waals surface area contributed by atoms with E-state index in [1.54, 1.807) is 36.4 Å². The number of carboxylic acid groups (broad SMARTS) is 4. The van der Waals surface area contributed by atoms with E-state index in [0.29, 0.717) is 39.9 Å². The fourth-order valence-electron chi connectivity index (χ4n) is 6.05. The van der Waals surface area contributed by atoms with Crippen LogP contribution >= 0.6 is 23.2 Å². The fourth-order valence-corrected chi connectivity index (χ4v) is 6.41. The lowest BCUT2D eigenvalue weighted by Gasteiger charge is -2.18. The summed E-state index contributed by atoms with van der Waals surface area (Å²) in [5.41, 5.74) is 6.64. The van der Waals surface area contributed by atoms with Gasteiger partial charge in [0.25, 0.3) is 0 Å². The number of rotatable bonds is 18. The minimum absolute atomic E-state index is 0.0400. The molecule has 0 saturated carbocycles. The quantitative estimate of drug-likeness (QED) is 0.0695. The van der Waals surface area contributed by atoms with Crippen molar-refractivity contribution >= 4 is 58.7 Å². The summed E-state index contributed by atoms with van der Waals surface area (Å²) in [6, 6.07) is 29.2. The van der Waals surface area contributed by atoms with Crippen molar-refractivity contribution in [3.63, 3.8) is 0 Å². The maximum absolute atomic E-state index is 11.4. The second-order valence-corrected chi connectivity index (χ2v) is 13.7. The molecule has 17 nitrogen and oxygen atoms in total. The Morgan fingerprint density at radius 2 is 0.864 bits per heavy atom. The number of carbonyl (C=O) groups is 4. The van der Waals surface area contributed by atoms with Crippen LogP contribution in [-0.4, -0.2) is 110 Å². The number of hydrogen-bond donors (Lipinski definition) is 5. The van der Waals surface area contributed by atoms with Gasteiger partial charge in [-0.15, -0.1) is 0 Å². The molecule has 0 amide bonds. The van der Waals surface area contributed by atoms with Crippen LogP contribution in [0.5, 0.6) is 0 Å². The minimum Gasteiger partial charge on any atom is -0.480 e. The Kier molecular flexibility index (Phi) is 13.4. The van der Waals surface area contributed by atoms with E-state index in [4.69, 9.17) is 38.2 Å². The number of pyridine rings is 3. The Labute approximate surface area is 345 Å². The summed E-state index contributed by atoms with van der Waals surface area (Å²) < 4.78 is 0. The second-order valence-electron chi connectivity index (χ2n) is 13.0. The highest BCUT2D eigenvalue weighted by molar-refractivity contribution is 6.31. The molecule has 0 atom stereocenters. The van der Waals surface area contributed by atoms with Crippen molar-refractivity contribution in [1.29, 1.82) is 0 Å². The summed E-state index contributed by atoms with van der Waals surface area (Å²) in [7, 11) is 0. The molecule has 0 aliphatic heterocycles. The van der Waals surface area contributed by atoms with E-state index in [-0.39, 0.29) is 29.6 Å². The third-order valence-corrected chi connectivity index (χ3v) is 8.78. The van der Waals surface area contributed by atoms with E-state index >= 15 is 0 Å². The number of aromatic nitrogens is 6. The van der Waals surface area contributed by atoms with Crippen LogP contribution in [0, 0.1) is 0 Å². The zero-order valence-corrected chi connectivity index (χ0v) is 32.2. The molecule has 0 unspecified atom stereocenters. The highest BCUT2D eigenvalue weighted by atomic mass is 35.5. The topological polar surface area (TPSA) is 245 Å². The lowest BCUT2D eigenvalue weighted by atomic mass is 9.99. The van der Waals surface area contributed by atoms with E-state index in [9.17, 15) is 39.6 Å².